The number of rotatable bonds is 3. The number of oxazole rings is 1. The van der Waals surface area contributed by atoms with Gasteiger partial charge in [0.25, 0.3) is 0 Å². The van der Waals surface area contributed by atoms with Crippen LogP contribution in [-0.2, 0) is 6.54 Å². The van der Waals surface area contributed by atoms with Crippen molar-refractivity contribution in [2.75, 3.05) is 7.05 Å². The first-order valence-electron chi connectivity index (χ1n) is 4.74. The quantitative estimate of drug-likeness (QED) is 0.869. The van der Waals surface area contributed by atoms with Gasteiger partial charge in [0.15, 0.2) is 0 Å². The van der Waals surface area contributed by atoms with Crippen LogP contribution in [0.3, 0.4) is 0 Å². The number of hydrogen-bond acceptors (Lipinski definition) is 3. The van der Waals surface area contributed by atoms with Crippen molar-refractivity contribution in [3.05, 3.63) is 41.8 Å². The van der Waals surface area contributed by atoms with E-state index in [0.717, 1.165) is 6.07 Å². The van der Waals surface area contributed by atoms with Gasteiger partial charge in [0.2, 0.25) is 5.89 Å². The molecule has 0 aliphatic heterocycles. The van der Waals surface area contributed by atoms with Crippen molar-refractivity contribution in [3.8, 4) is 11.5 Å². The number of aromatic nitrogens is 1. The summed E-state index contributed by atoms with van der Waals surface area (Å²) in [6.45, 7) is 0.543. The molecule has 0 aliphatic rings. The molecular weight excluding hydrogens is 214 g/mol. The summed E-state index contributed by atoms with van der Waals surface area (Å²) in [5.41, 5.74) is 0.974. The lowest BCUT2D eigenvalue weighted by Gasteiger charge is -1.96. The van der Waals surface area contributed by atoms with Crippen molar-refractivity contribution < 1.29 is 13.2 Å². The molecule has 1 heterocycles. The summed E-state index contributed by atoms with van der Waals surface area (Å²) in [5.74, 6) is -1.09. The van der Waals surface area contributed by atoms with Gasteiger partial charge < -0.3 is 9.73 Å². The van der Waals surface area contributed by atoms with Gasteiger partial charge in [0, 0.05) is 18.2 Å². The molecule has 2 aromatic rings. The van der Waals surface area contributed by atoms with Crippen molar-refractivity contribution in [2.24, 2.45) is 0 Å². The van der Waals surface area contributed by atoms with Gasteiger partial charge >= 0.3 is 0 Å². The van der Waals surface area contributed by atoms with Crippen LogP contribution in [0.1, 0.15) is 5.69 Å². The van der Waals surface area contributed by atoms with Gasteiger partial charge in [-0.15, -0.1) is 0 Å². The summed E-state index contributed by atoms with van der Waals surface area (Å²) in [4.78, 5) is 4.09. The summed E-state index contributed by atoms with van der Waals surface area (Å²) in [6.07, 6.45) is 1.45. The van der Waals surface area contributed by atoms with Crippen LogP contribution in [0.2, 0.25) is 0 Å². The molecule has 1 aromatic carbocycles. The molecule has 0 atom stereocenters. The second kappa shape index (κ2) is 4.40. The Morgan fingerprint density at radius 2 is 1.94 bits per heavy atom. The van der Waals surface area contributed by atoms with Crippen LogP contribution in [0.25, 0.3) is 11.5 Å². The fraction of sp³-hybridized carbons (Fsp3) is 0.182. The maximum atomic E-state index is 12.9. The number of benzene rings is 1. The number of hydrogen-bond donors (Lipinski definition) is 1. The fourth-order valence-corrected chi connectivity index (χ4v) is 1.38. The van der Waals surface area contributed by atoms with Gasteiger partial charge in [-0.2, -0.15) is 0 Å². The van der Waals surface area contributed by atoms with Crippen LogP contribution in [0, 0.1) is 11.6 Å². The Kier molecular flexibility index (Phi) is 2.96. The zero-order valence-electron chi connectivity index (χ0n) is 8.63. The highest BCUT2D eigenvalue weighted by Crippen LogP contribution is 2.20. The predicted molar refractivity (Wildman–Crippen MR) is 54.6 cm³/mol. The summed E-state index contributed by atoms with van der Waals surface area (Å²) in [5, 5.41) is 2.90. The van der Waals surface area contributed by atoms with E-state index in [4.69, 9.17) is 4.42 Å². The molecule has 0 spiro atoms. The van der Waals surface area contributed by atoms with E-state index in [2.05, 4.69) is 10.3 Å². The average molecular weight is 224 g/mol. The lowest BCUT2D eigenvalue weighted by molar-refractivity contribution is 0.562. The van der Waals surface area contributed by atoms with Crippen molar-refractivity contribution in [3.63, 3.8) is 0 Å². The standard InChI is InChI=1S/C11H10F2N2O/c1-14-5-10-6-16-11(15-10)7-2-8(12)4-9(13)3-7/h2-4,6,14H,5H2,1H3. The summed E-state index contributed by atoms with van der Waals surface area (Å²) in [6, 6.07) is 3.16. The molecule has 0 fully saturated rings. The molecule has 0 saturated carbocycles. The van der Waals surface area contributed by atoms with Crippen LogP contribution in [0.4, 0.5) is 8.78 Å². The Labute approximate surface area is 91.1 Å². The third-order valence-corrected chi connectivity index (χ3v) is 2.02. The van der Waals surface area contributed by atoms with Crippen LogP contribution in [-0.4, -0.2) is 12.0 Å². The molecule has 2 rings (SSSR count). The van der Waals surface area contributed by atoms with E-state index >= 15 is 0 Å². The monoisotopic (exact) mass is 224 g/mol. The maximum absolute atomic E-state index is 12.9. The molecule has 3 nitrogen and oxygen atoms in total. The SMILES string of the molecule is CNCc1coc(-c2cc(F)cc(F)c2)n1. The Balaban J connectivity index is 2.34. The number of halogens is 2. The molecule has 0 unspecified atom stereocenters. The summed E-state index contributed by atoms with van der Waals surface area (Å²) < 4.78 is 31.0. The molecule has 84 valence electrons. The molecule has 0 amide bonds. The molecule has 0 radical (unpaired) electrons. The minimum Gasteiger partial charge on any atom is -0.444 e. The van der Waals surface area contributed by atoms with E-state index in [9.17, 15) is 8.78 Å². The molecule has 16 heavy (non-hydrogen) atoms. The highest BCUT2D eigenvalue weighted by molar-refractivity contribution is 5.53. The van der Waals surface area contributed by atoms with E-state index in [1.807, 2.05) is 0 Å². The van der Waals surface area contributed by atoms with E-state index < -0.39 is 11.6 Å². The third-order valence-electron chi connectivity index (χ3n) is 2.02. The van der Waals surface area contributed by atoms with Crippen LogP contribution in [0.15, 0.2) is 28.9 Å². The lowest BCUT2D eigenvalue weighted by Crippen LogP contribution is -2.04. The van der Waals surface area contributed by atoms with Gasteiger partial charge in [-0.1, -0.05) is 0 Å². The summed E-state index contributed by atoms with van der Waals surface area (Å²) >= 11 is 0. The zero-order valence-corrected chi connectivity index (χ0v) is 8.63. The van der Waals surface area contributed by atoms with Crippen molar-refractivity contribution in [1.82, 2.24) is 10.3 Å². The second-order valence-corrected chi connectivity index (χ2v) is 3.33. The van der Waals surface area contributed by atoms with Gasteiger partial charge in [-0.3, -0.25) is 0 Å². The van der Waals surface area contributed by atoms with Crippen molar-refractivity contribution >= 4 is 0 Å². The molecule has 5 heteroatoms. The first kappa shape index (κ1) is 10.8. The van der Waals surface area contributed by atoms with E-state index in [0.29, 0.717) is 17.8 Å². The summed E-state index contributed by atoms with van der Waals surface area (Å²) in [7, 11) is 1.77. The first-order chi connectivity index (χ1) is 7.69. The second-order valence-electron chi connectivity index (χ2n) is 3.33. The lowest BCUT2D eigenvalue weighted by atomic mass is 10.2. The van der Waals surface area contributed by atoms with Crippen LogP contribution >= 0.6 is 0 Å². The largest absolute Gasteiger partial charge is 0.444 e. The molecule has 0 saturated heterocycles. The van der Waals surface area contributed by atoms with E-state index in [1.54, 1.807) is 7.05 Å². The topological polar surface area (TPSA) is 38.1 Å². The van der Waals surface area contributed by atoms with Gasteiger partial charge in [0.1, 0.15) is 17.9 Å². The van der Waals surface area contributed by atoms with Crippen molar-refractivity contribution in [1.29, 1.82) is 0 Å². The van der Waals surface area contributed by atoms with E-state index in [1.165, 1.54) is 18.4 Å². The highest BCUT2D eigenvalue weighted by atomic mass is 19.1. The van der Waals surface area contributed by atoms with Gasteiger partial charge in [0.05, 0.1) is 5.69 Å². The smallest absolute Gasteiger partial charge is 0.226 e. The van der Waals surface area contributed by atoms with Crippen LogP contribution < -0.4 is 5.32 Å². The molecule has 0 bridgehead atoms. The molecule has 1 N–H and O–H groups in total. The molecule has 1 aromatic heterocycles. The Morgan fingerprint density at radius 3 is 2.56 bits per heavy atom. The normalized spacial score (nSPS) is 10.7. The fourth-order valence-electron chi connectivity index (χ4n) is 1.38. The molecule has 0 aliphatic carbocycles. The highest BCUT2D eigenvalue weighted by Gasteiger charge is 2.09. The maximum Gasteiger partial charge on any atom is 0.226 e. The molecular formula is C11H10F2N2O. The zero-order chi connectivity index (χ0) is 11.5. The van der Waals surface area contributed by atoms with Crippen molar-refractivity contribution in [2.45, 2.75) is 6.54 Å². The number of nitrogens with one attached hydrogen (secondary N) is 1. The predicted octanol–water partition coefficient (Wildman–Crippen LogP) is 2.34. The van der Waals surface area contributed by atoms with Gasteiger partial charge in [-0.25, -0.2) is 13.8 Å². The number of nitrogens with zero attached hydrogens (tertiary/aromatic N) is 1. The van der Waals surface area contributed by atoms with Crippen LogP contribution in [0.5, 0.6) is 0 Å². The third kappa shape index (κ3) is 2.25. The Morgan fingerprint density at radius 1 is 1.25 bits per heavy atom. The minimum absolute atomic E-state index is 0.212. The minimum atomic E-state index is -0.650. The average Bonchev–Trinajstić information content (AvgIpc) is 2.65. The van der Waals surface area contributed by atoms with E-state index in [-0.39, 0.29) is 5.89 Å². The van der Waals surface area contributed by atoms with Gasteiger partial charge in [-0.05, 0) is 19.2 Å². The Bertz CT molecular complexity index is 476. The Hall–Kier alpha value is -1.75. The first-order valence-corrected chi connectivity index (χ1v) is 4.74.